The number of piperidine rings is 1. The molecule has 0 saturated carbocycles. The standard InChI is InChI=1S/C23H27NO2/c1-19(25)23(21-12-6-3-7-13-21)15-17-24(18-16-23)22(26)14-8-11-20-9-4-2-5-10-20/h2-7,9-10,12-13H,8,11,14-18H2,1H3. The Morgan fingerprint density at radius 2 is 1.50 bits per heavy atom. The Bertz CT molecular complexity index is 731. The molecule has 3 heteroatoms. The third-order valence-corrected chi connectivity index (χ3v) is 5.67. The lowest BCUT2D eigenvalue weighted by molar-refractivity contribution is -0.135. The summed E-state index contributed by atoms with van der Waals surface area (Å²) in [7, 11) is 0. The fourth-order valence-electron chi connectivity index (χ4n) is 3.99. The first-order valence-electron chi connectivity index (χ1n) is 9.50. The Balaban J connectivity index is 1.55. The van der Waals surface area contributed by atoms with Gasteiger partial charge in [0.25, 0.3) is 0 Å². The second kappa shape index (κ2) is 8.31. The van der Waals surface area contributed by atoms with Crippen molar-refractivity contribution in [3.05, 3.63) is 71.8 Å². The topological polar surface area (TPSA) is 37.4 Å². The number of hydrogen-bond donors (Lipinski definition) is 0. The molecule has 1 aliphatic heterocycles. The monoisotopic (exact) mass is 349 g/mol. The number of likely N-dealkylation sites (tertiary alicyclic amines) is 1. The van der Waals surface area contributed by atoms with E-state index in [0.29, 0.717) is 19.5 Å². The van der Waals surface area contributed by atoms with Gasteiger partial charge >= 0.3 is 0 Å². The summed E-state index contributed by atoms with van der Waals surface area (Å²) >= 11 is 0. The highest BCUT2D eigenvalue weighted by Crippen LogP contribution is 2.36. The van der Waals surface area contributed by atoms with Crippen molar-refractivity contribution in [1.29, 1.82) is 0 Å². The molecule has 1 heterocycles. The molecule has 0 spiro atoms. The van der Waals surface area contributed by atoms with E-state index in [1.54, 1.807) is 6.92 Å². The Morgan fingerprint density at radius 1 is 0.923 bits per heavy atom. The van der Waals surface area contributed by atoms with Crippen LogP contribution >= 0.6 is 0 Å². The number of carbonyl (C=O) groups excluding carboxylic acids is 2. The summed E-state index contributed by atoms with van der Waals surface area (Å²) in [4.78, 5) is 26.9. The first-order valence-corrected chi connectivity index (χ1v) is 9.50. The fourth-order valence-corrected chi connectivity index (χ4v) is 3.99. The number of benzene rings is 2. The highest BCUT2D eigenvalue weighted by Gasteiger charge is 2.41. The molecule has 136 valence electrons. The van der Waals surface area contributed by atoms with Gasteiger partial charge in [0.15, 0.2) is 0 Å². The third kappa shape index (κ3) is 4.04. The normalized spacial score (nSPS) is 16.3. The summed E-state index contributed by atoms with van der Waals surface area (Å²) in [5.41, 5.74) is 1.93. The second-order valence-electron chi connectivity index (χ2n) is 7.22. The van der Waals surface area contributed by atoms with Gasteiger partial charge in [0, 0.05) is 19.5 Å². The minimum atomic E-state index is -0.428. The number of nitrogens with zero attached hydrogens (tertiary/aromatic N) is 1. The van der Waals surface area contributed by atoms with Crippen LogP contribution in [0.15, 0.2) is 60.7 Å². The van der Waals surface area contributed by atoms with Gasteiger partial charge in [-0.1, -0.05) is 60.7 Å². The van der Waals surface area contributed by atoms with Crippen molar-refractivity contribution in [2.75, 3.05) is 13.1 Å². The molecule has 2 aromatic rings. The van der Waals surface area contributed by atoms with Gasteiger partial charge in [-0.05, 0) is 43.7 Å². The molecule has 0 aliphatic carbocycles. The van der Waals surface area contributed by atoms with Gasteiger partial charge < -0.3 is 4.90 Å². The molecule has 0 radical (unpaired) electrons. The quantitative estimate of drug-likeness (QED) is 0.785. The van der Waals surface area contributed by atoms with Gasteiger partial charge in [-0.25, -0.2) is 0 Å². The number of Topliss-reactive ketones (excluding diaryl/α,β-unsaturated/α-hetero) is 1. The van der Waals surface area contributed by atoms with E-state index >= 15 is 0 Å². The molecule has 0 N–H and O–H groups in total. The summed E-state index contributed by atoms with van der Waals surface area (Å²) in [6.07, 6.45) is 3.82. The van der Waals surface area contributed by atoms with Crippen LogP contribution in [0.1, 0.15) is 43.7 Å². The molecule has 1 fully saturated rings. The minimum absolute atomic E-state index is 0.208. The van der Waals surface area contributed by atoms with Gasteiger partial charge in [0.1, 0.15) is 5.78 Å². The average molecular weight is 349 g/mol. The number of aryl methyl sites for hydroxylation is 1. The number of rotatable bonds is 6. The number of carbonyl (C=O) groups is 2. The van der Waals surface area contributed by atoms with Crippen LogP contribution in [0.3, 0.4) is 0 Å². The van der Waals surface area contributed by atoms with Gasteiger partial charge in [-0.3, -0.25) is 9.59 Å². The van der Waals surface area contributed by atoms with Crippen molar-refractivity contribution in [3.8, 4) is 0 Å². The predicted octanol–water partition coefficient (Wildman–Crippen LogP) is 4.16. The summed E-state index contributed by atoms with van der Waals surface area (Å²) in [5.74, 6) is 0.422. The zero-order chi connectivity index (χ0) is 18.4. The highest BCUT2D eigenvalue weighted by atomic mass is 16.2. The molecule has 1 aliphatic rings. The smallest absolute Gasteiger partial charge is 0.222 e. The summed E-state index contributed by atoms with van der Waals surface area (Å²) in [6, 6.07) is 20.3. The average Bonchev–Trinajstić information content (AvgIpc) is 2.69. The summed E-state index contributed by atoms with van der Waals surface area (Å²) in [6.45, 7) is 3.02. The molecular formula is C23H27NO2. The predicted molar refractivity (Wildman–Crippen MR) is 104 cm³/mol. The van der Waals surface area contributed by atoms with E-state index in [1.165, 1.54) is 5.56 Å². The van der Waals surface area contributed by atoms with Crippen molar-refractivity contribution < 1.29 is 9.59 Å². The van der Waals surface area contributed by atoms with E-state index in [2.05, 4.69) is 12.1 Å². The van der Waals surface area contributed by atoms with Gasteiger partial charge in [-0.2, -0.15) is 0 Å². The van der Waals surface area contributed by atoms with E-state index in [4.69, 9.17) is 0 Å². The molecule has 3 rings (SSSR count). The van der Waals surface area contributed by atoms with Crippen molar-refractivity contribution in [2.24, 2.45) is 0 Å². The molecular weight excluding hydrogens is 322 g/mol. The molecule has 2 aromatic carbocycles. The van der Waals surface area contributed by atoms with E-state index in [0.717, 1.165) is 31.2 Å². The van der Waals surface area contributed by atoms with Crippen molar-refractivity contribution >= 4 is 11.7 Å². The van der Waals surface area contributed by atoms with Gasteiger partial charge in [-0.15, -0.1) is 0 Å². The van der Waals surface area contributed by atoms with Crippen LogP contribution in [0.25, 0.3) is 0 Å². The van der Waals surface area contributed by atoms with E-state index < -0.39 is 5.41 Å². The largest absolute Gasteiger partial charge is 0.343 e. The van der Waals surface area contributed by atoms with Crippen LogP contribution in [0.2, 0.25) is 0 Å². The molecule has 0 atom stereocenters. The number of hydrogen-bond acceptors (Lipinski definition) is 2. The van der Waals surface area contributed by atoms with Gasteiger partial charge in [0.2, 0.25) is 5.91 Å². The lowest BCUT2D eigenvalue weighted by Crippen LogP contribution is -2.48. The molecule has 0 bridgehead atoms. The molecule has 1 amide bonds. The van der Waals surface area contributed by atoms with Crippen LogP contribution in [-0.2, 0) is 21.4 Å². The molecule has 3 nitrogen and oxygen atoms in total. The van der Waals surface area contributed by atoms with Crippen LogP contribution < -0.4 is 0 Å². The van der Waals surface area contributed by atoms with E-state index in [1.807, 2.05) is 53.4 Å². The van der Waals surface area contributed by atoms with E-state index in [9.17, 15) is 9.59 Å². The lowest BCUT2D eigenvalue weighted by atomic mass is 9.70. The molecule has 0 unspecified atom stereocenters. The molecule has 1 saturated heterocycles. The fraction of sp³-hybridized carbons (Fsp3) is 0.391. The van der Waals surface area contributed by atoms with Crippen LogP contribution in [0.5, 0.6) is 0 Å². The maximum Gasteiger partial charge on any atom is 0.222 e. The van der Waals surface area contributed by atoms with Gasteiger partial charge in [0.05, 0.1) is 5.41 Å². The lowest BCUT2D eigenvalue weighted by Gasteiger charge is -2.40. The highest BCUT2D eigenvalue weighted by molar-refractivity contribution is 5.88. The minimum Gasteiger partial charge on any atom is -0.343 e. The SMILES string of the molecule is CC(=O)C1(c2ccccc2)CCN(C(=O)CCCc2ccccc2)CC1. The summed E-state index contributed by atoms with van der Waals surface area (Å²) in [5, 5.41) is 0. The first kappa shape index (κ1) is 18.4. The third-order valence-electron chi connectivity index (χ3n) is 5.67. The van der Waals surface area contributed by atoms with Crippen molar-refractivity contribution in [2.45, 2.75) is 44.4 Å². The van der Waals surface area contributed by atoms with Crippen molar-refractivity contribution in [1.82, 2.24) is 4.90 Å². The molecule has 0 aromatic heterocycles. The van der Waals surface area contributed by atoms with Crippen LogP contribution in [0, 0.1) is 0 Å². The Kier molecular flexibility index (Phi) is 5.87. The second-order valence-corrected chi connectivity index (χ2v) is 7.22. The van der Waals surface area contributed by atoms with Crippen molar-refractivity contribution in [3.63, 3.8) is 0 Å². The Morgan fingerprint density at radius 3 is 2.08 bits per heavy atom. The zero-order valence-corrected chi connectivity index (χ0v) is 15.5. The number of amides is 1. The Labute approximate surface area is 156 Å². The maximum atomic E-state index is 12.5. The summed E-state index contributed by atoms with van der Waals surface area (Å²) < 4.78 is 0. The maximum absolute atomic E-state index is 12.5. The Hall–Kier alpha value is -2.42. The van der Waals surface area contributed by atoms with Crippen LogP contribution in [0.4, 0.5) is 0 Å². The number of ketones is 1. The molecule has 26 heavy (non-hydrogen) atoms. The van der Waals surface area contributed by atoms with E-state index in [-0.39, 0.29) is 11.7 Å². The first-order chi connectivity index (χ1) is 12.6. The zero-order valence-electron chi connectivity index (χ0n) is 15.5. The van der Waals surface area contributed by atoms with Crippen LogP contribution in [-0.4, -0.2) is 29.7 Å².